The Morgan fingerprint density at radius 2 is 1.71 bits per heavy atom. The number of carbonyl (C=O) groups is 1. The summed E-state index contributed by atoms with van der Waals surface area (Å²) in [4.78, 5) is 26.5. The Bertz CT molecular complexity index is 771. The molecule has 0 unspecified atom stereocenters. The molecule has 1 aromatic rings. The maximum atomic E-state index is 13.2. The maximum absolute atomic E-state index is 13.2. The van der Waals surface area contributed by atoms with E-state index in [0.29, 0.717) is 18.4 Å². The first-order valence-corrected chi connectivity index (χ1v) is 10.7. The predicted octanol–water partition coefficient (Wildman–Crippen LogP) is 3.09. The van der Waals surface area contributed by atoms with E-state index in [2.05, 4.69) is 4.98 Å². The van der Waals surface area contributed by atoms with Gasteiger partial charge in [-0.15, -0.1) is 0 Å². The van der Waals surface area contributed by atoms with Gasteiger partial charge in [-0.2, -0.15) is 4.98 Å². The van der Waals surface area contributed by atoms with E-state index in [9.17, 15) is 14.2 Å². The molecular weight excluding hydrogens is 387 g/mol. The van der Waals surface area contributed by atoms with Crippen molar-refractivity contribution in [2.24, 2.45) is 0 Å². The monoisotopic (exact) mass is 418 g/mol. The van der Waals surface area contributed by atoms with Crippen molar-refractivity contribution in [2.75, 3.05) is 13.3 Å². The molecule has 1 heterocycles. The molecule has 0 aliphatic carbocycles. The molecule has 0 atom stereocenters. The third-order valence-electron chi connectivity index (χ3n) is 3.23. The fourth-order valence-corrected chi connectivity index (χ4v) is 4.97. The predicted molar refractivity (Wildman–Crippen MR) is 105 cm³/mol. The molecule has 1 rings (SSSR count). The standard InChI is InChI=1S/C18H31N2O7P/c1-17(2,3)26-28(24,27-18(4,5)6)10-8-9-13-11-20(12-14(21)22)16(23)19-15(13)25-7/h11H,8-10,12H2,1-7H3,(H,21,22). The van der Waals surface area contributed by atoms with Crippen LogP contribution in [0.1, 0.15) is 53.5 Å². The van der Waals surface area contributed by atoms with E-state index in [1.54, 1.807) is 41.5 Å². The van der Waals surface area contributed by atoms with Crippen molar-refractivity contribution in [1.29, 1.82) is 0 Å². The van der Waals surface area contributed by atoms with Gasteiger partial charge in [-0.05, 0) is 54.4 Å². The SMILES string of the molecule is COc1nc(=O)n(CC(=O)O)cc1CCCP(=O)(OC(C)(C)C)OC(C)(C)C. The van der Waals surface area contributed by atoms with Gasteiger partial charge in [0.25, 0.3) is 0 Å². The van der Waals surface area contributed by atoms with Crippen LogP contribution in [0.5, 0.6) is 5.88 Å². The second-order valence-electron chi connectivity index (χ2n) is 8.43. The van der Waals surface area contributed by atoms with Gasteiger partial charge in [-0.25, -0.2) is 4.79 Å². The molecule has 28 heavy (non-hydrogen) atoms. The Morgan fingerprint density at radius 1 is 1.18 bits per heavy atom. The Balaban J connectivity index is 3.00. The average Bonchev–Trinajstić information content (AvgIpc) is 2.45. The van der Waals surface area contributed by atoms with Crippen LogP contribution in [-0.2, 0) is 31.4 Å². The number of hydrogen-bond donors (Lipinski definition) is 1. The first-order valence-electron chi connectivity index (χ1n) is 9.01. The number of aliphatic carboxylic acids is 1. The third kappa shape index (κ3) is 8.54. The highest BCUT2D eigenvalue weighted by Crippen LogP contribution is 2.54. The number of aryl methyl sites for hydroxylation is 1. The molecule has 1 aromatic heterocycles. The lowest BCUT2D eigenvalue weighted by atomic mass is 10.2. The topological polar surface area (TPSA) is 117 Å². The van der Waals surface area contributed by atoms with Crippen molar-refractivity contribution in [2.45, 2.75) is 72.1 Å². The van der Waals surface area contributed by atoms with Crippen molar-refractivity contribution >= 4 is 13.6 Å². The number of aromatic nitrogens is 2. The number of rotatable bonds is 9. The molecule has 0 aliphatic heterocycles. The van der Waals surface area contributed by atoms with E-state index in [-0.39, 0.29) is 12.0 Å². The van der Waals surface area contributed by atoms with E-state index >= 15 is 0 Å². The number of nitrogens with zero attached hydrogens (tertiary/aromatic N) is 2. The zero-order chi connectivity index (χ0) is 21.8. The normalized spacial score (nSPS) is 12.8. The maximum Gasteiger partial charge on any atom is 0.351 e. The molecule has 0 radical (unpaired) electrons. The van der Waals surface area contributed by atoms with E-state index in [4.69, 9.17) is 18.9 Å². The summed E-state index contributed by atoms with van der Waals surface area (Å²) < 4.78 is 30.8. The summed E-state index contributed by atoms with van der Waals surface area (Å²) >= 11 is 0. The molecule has 0 spiro atoms. The van der Waals surface area contributed by atoms with Crippen molar-refractivity contribution in [3.8, 4) is 5.88 Å². The van der Waals surface area contributed by atoms with Crippen molar-refractivity contribution in [3.63, 3.8) is 0 Å². The number of methoxy groups -OCH3 is 1. The summed E-state index contributed by atoms with van der Waals surface area (Å²) in [6.07, 6.45) is 2.33. The first kappa shape index (κ1) is 24.3. The Hall–Kier alpha value is -1.70. The highest BCUT2D eigenvalue weighted by Gasteiger charge is 2.34. The molecule has 1 N–H and O–H groups in total. The molecule has 0 saturated heterocycles. The lowest BCUT2D eigenvalue weighted by molar-refractivity contribution is -0.137. The van der Waals surface area contributed by atoms with Gasteiger partial charge in [0.05, 0.1) is 24.5 Å². The van der Waals surface area contributed by atoms with Crippen molar-refractivity contribution in [1.82, 2.24) is 9.55 Å². The minimum atomic E-state index is -3.39. The van der Waals surface area contributed by atoms with Gasteiger partial charge in [-0.1, -0.05) is 0 Å². The second-order valence-corrected chi connectivity index (χ2v) is 10.5. The summed E-state index contributed by atoms with van der Waals surface area (Å²) in [5.74, 6) is -1.03. The fourth-order valence-electron chi connectivity index (χ4n) is 2.54. The van der Waals surface area contributed by atoms with Crippen LogP contribution in [0, 0.1) is 0 Å². The van der Waals surface area contributed by atoms with E-state index in [1.807, 2.05) is 0 Å². The van der Waals surface area contributed by atoms with Crippen molar-refractivity contribution < 1.29 is 28.3 Å². The minimum Gasteiger partial charge on any atom is -0.481 e. The molecule has 0 aromatic carbocycles. The van der Waals surface area contributed by atoms with Crippen LogP contribution in [0.25, 0.3) is 0 Å². The molecule has 0 bridgehead atoms. The second kappa shape index (κ2) is 9.20. The van der Waals surface area contributed by atoms with Crippen LogP contribution in [0.3, 0.4) is 0 Å². The van der Waals surface area contributed by atoms with E-state index < -0.39 is 37.0 Å². The summed E-state index contributed by atoms with van der Waals surface area (Å²) in [6, 6.07) is 0. The lowest BCUT2D eigenvalue weighted by Gasteiger charge is -2.32. The Labute approximate surface area is 165 Å². The van der Waals surface area contributed by atoms with Crippen LogP contribution in [0.4, 0.5) is 0 Å². The van der Waals surface area contributed by atoms with Gasteiger partial charge >= 0.3 is 19.3 Å². The molecule has 160 valence electrons. The smallest absolute Gasteiger partial charge is 0.351 e. The summed E-state index contributed by atoms with van der Waals surface area (Å²) in [7, 11) is -2.01. The van der Waals surface area contributed by atoms with Gasteiger partial charge in [0.2, 0.25) is 5.88 Å². The fraction of sp³-hybridized carbons (Fsp3) is 0.722. The van der Waals surface area contributed by atoms with E-state index in [1.165, 1.54) is 13.3 Å². The molecular formula is C18H31N2O7P. The molecule has 9 nitrogen and oxygen atoms in total. The summed E-state index contributed by atoms with van der Waals surface area (Å²) in [5, 5.41) is 8.92. The largest absolute Gasteiger partial charge is 0.481 e. The molecule has 10 heteroatoms. The van der Waals surface area contributed by atoms with Gasteiger partial charge in [0, 0.05) is 11.8 Å². The molecule has 0 fully saturated rings. The molecule has 0 aliphatic rings. The third-order valence-corrected chi connectivity index (χ3v) is 5.75. The van der Waals surface area contributed by atoms with Crippen LogP contribution in [0.2, 0.25) is 0 Å². The zero-order valence-electron chi connectivity index (χ0n) is 17.6. The van der Waals surface area contributed by atoms with Crippen molar-refractivity contribution in [3.05, 3.63) is 22.2 Å². The van der Waals surface area contributed by atoms with Gasteiger partial charge < -0.3 is 18.9 Å². The lowest BCUT2D eigenvalue weighted by Crippen LogP contribution is -2.27. The highest BCUT2D eigenvalue weighted by molar-refractivity contribution is 7.53. The van der Waals surface area contributed by atoms with Crippen LogP contribution >= 0.6 is 7.60 Å². The first-order chi connectivity index (χ1) is 12.6. The highest BCUT2D eigenvalue weighted by atomic mass is 31.2. The van der Waals surface area contributed by atoms with E-state index in [0.717, 1.165) is 4.57 Å². The Kier molecular flexibility index (Phi) is 8.00. The number of hydrogen-bond acceptors (Lipinski definition) is 7. The Morgan fingerprint density at radius 3 is 2.14 bits per heavy atom. The average molecular weight is 418 g/mol. The summed E-state index contributed by atoms with van der Waals surface area (Å²) in [5.41, 5.74) is -1.45. The van der Waals surface area contributed by atoms with Gasteiger partial charge in [0.1, 0.15) is 6.54 Å². The van der Waals surface area contributed by atoms with Crippen LogP contribution < -0.4 is 10.4 Å². The summed E-state index contributed by atoms with van der Waals surface area (Å²) in [6.45, 7) is 10.3. The molecule has 0 saturated carbocycles. The van der Waals surface area contributed by atoms with Crippen LogP contribution in [0.15, 0.2) is 11.0 Å². The number of carboxylic acid groups (broad SMARTS) is 1. The molecule has 0 amide bonds. The van der Waals surface area contributed by atoms with Gasteiger partial charge in [-0.3, -0.25) is 13.9 Å². The van der Waals surface area contributed by atoms with Crippen LogP contribution in [-0.4, -0.2) is 45.1 Å². The quantitative estimate of drug-likeness (QED) is 0.608. The number of carboxylic acids is 1. The van der Waals surface area contributed by atoms with Gasteiger partial charge in [0.15, 0.2) is 0 Å². The number of ether oxygens (including phenoxy) is 1. The zero-order valence-corrected chi connectivity index (χ0v) is 18.5. The minimum absolute atomic E-state index is 0.120.